The minimum absolute atomic E-state index is 0.110. The molecule has 1 amide bonds. The molecule has 0 unspecified atom stereocenters. The first-order chi connectivity index (χ1) is 18.4. The van der Waals surface area contributed by atoms with Gasteiger partial charge in [-0.05, 0) is 59.7 Å². The number of hydrogen-bond donors (Lipinski definition) is 2. The third-order valence-electron chi connectivity index (χ3n) is 6.29. The van der Waals surface area contributed by atoms with E-state index < -0.39 is 0 Å². The predicted octanol–water partition coefficient (Wildman–Crippen LogP) is 8.22. The molecule has 0 saturated carbocycles. The normalized spacial score (nSPS) is 11.8. The Morgan fingerprint density at radius 2 is 1.66 bits per heavy atom. The zero-order valence-corrected chi connectivity index (χ0v) is 23.8. The van der Waals surface area contributed by atoms with Gasteiger partial charge in [-0.1, -0.05) is 81.9 Å². The van der Waals surface area contributed by atoms with Crippen LogP contribution in [0, 0.1) is 11.3 Å². The summed E-state index contributed by atoms with van der Waals surface area (Å²) in [6.07, 6.45) is 1.68. The van der Waals surface area contributed by atoms with Crippen LogP contribution >= 0.6 is 23.1 Å². The molecular formula is C31H32N4OS2. The lowest BCUT2D eigenvalue weighted by molar-refractivity contribution is -0.113. The van der Waals surface area contributed by atoms with Gasteiger partial charge in [-0.15, -0.1) is 11.3 Å². The molecule has 0 aliphatic carbocycles. The number of nitrogens with one attached hydrogen (secondary N) is 2. The van der Waals surface area contributed by atoms with Crippen LogP contribution in [0.3, 0.4) is 0 Å². The molecule has 0 spiro atoms. The van der Waals surface area contributed by atoms with Crippen molar-refractivity contribution in [2.75, 3.05) is 16.4 Å². The standard InChI is InChI=1S/C31H32N4OS2/c1-5-21-10-9-11-22(6-2)29(21)35-28(36)19-37-30(33-24-16-14-23(15-17-24)20(3)4)25(18-32)31-34-26-12-7-8-13-27(26)38-31/h7-17,20,33H,5-6,19H2,1-4H3,(H,35,36). The SMILES string of the molecule is CCc1cccc(CC)c1NC(=O)CSC(Nc1ccc(C(C)C)cc1)=C(C#N)c1nc2ccccc2s1. The van der Waals surface area contributed by atoms with E-state index in [1.54, 1.807) is 0 Å². The van der Waals surface area contributed by atoms with Crippen LogP contribution in [0.5, 0.6) is 0 Å². The van der Waals surface area contributed by atoms with E-state index in [4.69, 9.17) is 4.98 Å². The Kier molecular flexibility index (Phi) is 9.22. The van der Waals surface area contributed by atoms with Crippen molar-refractivity contribution in [1.29, 1.82) is 5.26 Å². The second kappa shape index (κ2) is 12.8. The van der Waals surface area contributed by atoms with Gasteiger partial charge in [-0.25, -0.2) is 4.98 Å². The van der Waals surface area contributed by atoms with E-state index in [0.29, 0.717) is 21.5 Å². The summed E-state index contributed by atoms with van der Waals surface area (Å²) in [5.74, 6) is 0.471. The topological polar surface area (TPSA) is 77.8 Å². The number of allylic oxidation sites excluding steroid dienone is 1. The number of benzene rings is 3. The van der Waals surface area contributed by atoms with Crippen LogP contribution in [0.4, 0.5) is 11.4 Å². The van der Waals surface area contributed by atoms with Crippen molar-refractivity contribution in [2.24, 2.45) is 0 Å². The number of rotatable bonds is 10. The number of aryl methyl sites for hydroxylation is 2. The first-order valence-electron chi connectivity index (χ1n) is 12.8. The van der Waals surface area contributed by atoms with E-state index in [1.165, 1.54) is 28.7 Å². The van der Waals surface area contributed by atoms with Gasteiger partial charge in [-0.3, -0.25) is 4.79 Å². The van der Waals surface area contributed by atoms with E-state index in [0.717, 1.165) is 45.6 Å². The third-order valence-corrected chi connectivity index (χ3v) is 8.35. The summed E-state index contributed by atoms with van der Waals surface area (Å²) in [5, 5.41) is 18.0. The van der Waals surface area contributed by atoms with Crippen molar-refractivity contribution in [3.05, 3.63) is 93.5 Å². The number of amides is 1. The van der Waals surface area contributed by atoms with Gasteiger partial charge in [0.2, 0.25) is 5.91 Å². The molecule has 2 N–H and O–H groups in total. The molecule has 7 heteroatoms. The van der Waals surface area contributed by atoms with Crippen molar-refractivity contribution < 1.29 is 4.79 Å². The Hall–Kier alpha value is -3.60. The largest absolute Gasteiger partial charge is 0.349 e. The minimum atomic E-state index is -0.110. The Balaban J connectivity index is 1.64. The Bertz CT molecular complexity index is 1440. The fraction of sp³-hybridized carbons (Fsp3) is 0.258. The monoisotopic (exact) mass is 540 g/mol. The second-order valence-electron chi connectivity index (χ2n) is 9.20. The molecule has 0 radical (unpaired) electrons. The highest BCUT2D eigenvalue weighted by atomic mass is 32.2. The Labute approximate surface area is 233 Å². The number of fused-ring (bicyclic) bond motifs is 1. The highest BCUT2D eigenvalue weighted by molar-refractivity contribution is 8.04. The molecule has 3 aromatic carbocycles. The number of anilines is 2. The number of thioether (sulfide) groups is 1. The molecule has 4 aromatic rings. The molecule has 4 rings (SSSR count). The zero-order valence-electron chi connectivity index (χ0n) is 22.2. The van der Waals surface area contributed by atoms with E-state index in [1.807, 2.05) is 42.5 Å². The average molecular weight is 541 g/mol. The first-order valence-corrected chi connectivity index (χ1v) is 14.6. The lowest BCUT2D eigenvalue weighted by Crippen LogP contribution is -2.17. The molecule has 0 saturated heterocycles. The maximum atomic E-state index is 13.1. The number of aromatic nitrogens is 1. The van der Waals surface area contributed by atoms with Crippen LogP contribution in [0.2, 0.25) is 0 Å². The maximum absolute atomic E-state index is 13.1. The van der Waals surface area contributed by atoms with Crippen LogP contribution in [-0.4, -0.2) is 16.6 Å². The summed E-state index contributed by atoms with van der Waals surface area (Å²) in [6.45, 7) is 8.49. The fourth-order valence-corrected chi connectivity index (χ4v) is 6.00. The van der Waals surface area contributed by atoms with Crippen LogP contribution in [-0.2, 0) is 17.6 Å². The minimum Gasteiger partial charge on any atom is -0.349 e. The number of thiazole rings is 1. The molecule has 0 bridgehead atoms. The van der Waals surface area contributed by atoms with Gasteiger partial charge < -0.3 is 10.6 Å². The van der Waals surface area contributed by atoms with Crippen LogP contribution in [0.15, 0.2) is 71.8 Å². The molecular weight excluding hydrogens is 509 g/mol. The molecule has 0 aliphatic rings. The van der Waals surface area contributed by atoms with Crippen molar-refractivity contribution >= 4 is 56.2 Å². The fourth-order valence-electron chi connectivity index (χ4n) is 4.14. The zero-order chi connectivity index (χ0) is 27.1. The lowest BCUT2D eigenvalue weighted by Gasteiger charge is -2.16. The van der Waals surface area contributed by atoms with Gasteiger partial charge in [0.25, 0.3) is 0 Å². The van der Waals surface area contributed by atoms with Crippen LogP contribution < -0.4 is 10.6 Å². The highest BCUT2D eigenvalue weighted by Crippen LogP contribution is 2.33. The van der Waals surface area contributed by atoms with E-state index >= 15 is 0 Å². The van der Waals surface area contributed by atoms with Gasteiger partial charge >= 0.3 is 0 Å². The summed E-state index contributed by atoms with van der Waals surface area (Å²) in [5.41, 5.74) is 6.52. The van der Waals surface area contributed by atoms with Gasteiger partial charge in [0, 0.05) is 11.4 Å². The number of para-hydroxylation sites is 2. The molecule has 194 valence electrons. The maximum Gasteiger partial charge on any atom is 0.234 e. The summed E-state index contributed by atoms with van der Waals surface area (Å²) in [4.78, 5) is 17.8. The van der Waals surface area contributed by atoms with Gasteiger partial charge in [0.15, 0.2) is 0 Å². The Morgan fingerprint density at radius 3 is 2.26 bits per heavy atom. The van der Waals surface area contributed by atoms with Gasteiger partial charge in [0.1, 0.15) is 16.6 Å². The van der Waals surface area contributed by atoms with Crippen molar-refractivity contribution in [2.45, 2.75) is 46.5 Å². The van der Waals surface area contributed by atoms with Crippen LogP contribution in [0.25, 0.3) is 15.8 Å². The van der Waals surface area contributed by atoms with Gasteiger partial charge in [0.05, 0.1) is 21.0 Å². The predicted molar refractivity (Wildman–Crippen MR) is 163 cm³/mol. The van der Waals surface area contributed by atoms with Gasteiger partial charge in [-0.2, -0.15) is 5.26 Å². The number of carbonyl (C=O) groups is 1. The highest BCUT2D eigenvalue weighted by Gasteiger charge is 2.18. The van der Waals surface area contributed by atoms with E-state index in [2.05, 4.69) is 68.7 Å². The lowest BCUT2D eigenvalue weighted by atomic mass is 10.0. The smallest absolute Gasteiger partial charge is 0.234 e. The molecule has 0 aliphatic heterocycles. The first kappa shape index (κ1) is 27.4. The number of nitriles is 1. The average Bonchev–Trinajstić information content (AvgIpc) is 3.36. The second-order valence-corrected chi connectivity index (χ2v) is 11.2. The number of carbonyl (C=O) groups excluding carboxylic acids is 1. The molecule has 1 heterocycles. The molecule has 0 atom stereocenters. The van der Waals surface area contributed by atoms with Crippen molar-refractivity contribution in [3.63, 3.8) is 0 Å². The number of nitrogens with zero attached hydrogens (tertiary/aromatic N) is 2. The summed E-state index contributed by atoms with van der Waals surface area (Å²) in [6, 6.07) is 24.5. The summed E-state index contributed by atoms with van der Waals surface area (Å²) < 4.78 is 1.02. The van der Waals surface area contributed by atoms with Crippen LogP contribution in [0.1, 0.15) is 55.3 Å². The molecule has 38 heavy (non-hydrogen) atoms. The van der Waals surface area contributed by atoms with Crippen molar-refractivity contribution in [3.8, 4) is 6.07 Å². The molecule has 5 nitrogen and oxygen atoms in total. The molecule has 1 aromatic heterocycles. The number of hydrogen-bond acceptors (Lipinski definition) is 6. The van der Waals surface area contributed by atoms with E-state index in [-0.39, 0.29) is 11.7 Å². The third kappa shape index (κ3) is 6.45. The van der Waals surface area contributed by atoms with E-state index in [9.17, 15) is 10.1 Å². The van der Waals surface area contributed by atoms with Crippen molar-refractivity contribution in [1.82, 2.24) is 4.98 Å². The summed E-state index contributed by atoms with van der Waals surface area (Å²) >= 11 is 2.80. The quantitative estimate of drug-likeness (QED) is 0.198. The molecule has 0 fully saturated rings. The Morgan fingerprint density at radius 1 is 0.974 bits per heavy atom. The summed E-state index contributed by atoms with van der Waals surface area (Å²) in [7, 11) is 0.